The van der Waals surface area contributed by atoms with Crippen LogP contribution in [0.5, 0.6) is 0 Å². The molecule has 0 bridgehead atoms. The number of fused-ring (bicyclic) bond motifs is 1. The summed E-state index contributed by atoms with van der Waals surface area (Å²) < 4.78 is 0. The molecule has 0 aliphatic heterocycles. The first-order valence-corrected chi connectivity index (χ1v) is 6.54. The molecule has 2 aromatic rings. The van der Waals surface area contributed by atoms with Gasteiger partial charge in [-0.05, 0) is 37.0 Å². The molecule has 0 atom stereocenters. The van der Waals surface area contributed by atoms with Crippen LogP contribution in [0.25, 0.3) is 10.9 Å². The Morgan fingerprint density at radius 3 is 2.25 bits per heavy atom. The van der Waals surface area contributed by atoms with Crippen molar-refractivity contribution in [3.8, 4) is 0 Å². The first-order chi connectivity index (χ1) is 9.12. The normalized spacial score (nSPS) is 11.8. The number of aryl methyl sites for hydroxylation is 1. The SMILES string of the molecule is CC(=O)c1c(C)[nH]c2c(C(=O)O)cc(C(C)(C)C)cc12. The van der Waals surface area contributed by atoms with Crippen molar-refractivity contribution in [3.05, 3.63) is 34.5 Å². The lowest BCUT2D eigenvalue weighted by atomic mass is 9.84. The van der Waals surface area contributed by atoms with Crippen molar-refractivity contribution in [1.29, 1.82) is 0 Å². The van der Waals surface area contributed by atoms with E-state index in [1.165, 1.54) is 6.92 Å². The fourth-order valence-electron chi connectivity index (χ4n) is 2.48. The number of aromatic nitrogens is 1. The van der Waals surface area contributed by atoms with Crippen LogP contribution in [0.15, 0.2) is 12.1 Å². The average molecular weight is 273 g/mol. The highest BCUT2D eigenvalue weighted by molar-refractivity contribution is 6.12. The average Bonchev–Trinajstić information content (AvgIpc) is 2.61. The van der Waals surface area contributed by atoms with Crippen LogP contribution in [0.3, 0.4) is 0 Å². The third kappa shape index (κ3) is 2.22. The Morgan fingerprint density at radius 2 is 1.80 bits per heavy atom. The Balaban J connectivity index is 2.94. The summed E-state index contributed by atoms with van der Waals surface area (Å²) in [6.07, 6.45) is 0. The number of nitrogens with one attached hydrogen (secondary N) is 1. The molecule has 0 spiro atoms. The predicted octanol–water partition coefficient (Wildman–Crippen LogP) is 3.67. The number of carboxylic acids is 1. The zero-order valence-corrected chi connectivity index (χ0v) is 12.4. The highest BCUT2D eigenvalue weighted by atomic mass is 16.4. The Morgan fingerprint density at radius 1 is 1.20 bits per heavy atom. The van der Waals surface area contributed by atoms with Gasteiger partial charge in [-0.3, -0.25) is 4.79 Å². The van der Waals surface area contributed by atoms with Crippen molar-refractivity contribution < 1.29 is 14.7 Å². The van der Waals surface area contributed by atoms with Crippen molar-refractivity contribution in [2.24, 2.45) is 0 Å². The summed E-state index contributed by atoms with van der Waals surface area (Å²) in [6.45, 7) is 9.35. The van der Waals surface area contributed by atoms with Gasteiger partial charge in [0, 0.05) is 16.6 Å². The van der Waals surface area contributed by atoms with Crippen LogP contribution in [0, 0.1) is 6.92 Å². The predicted molar refractivity (Wildman–Crippen MR) is 78.7 cm³/mol. The molecule has 2 rings (SSSR count). The van der Waals surface area contributed by atoms with E-state index in [2.05, 4.69) is 4.98 Å². The quantitative estimate of drug-likeness (QED) is 0.820. The number of ketones is 1. The number of benzene rings is 1. The molecule has 0 unspecified atom stereocenters. The third-order valence-electron chi connectivity index (χ3n) is 3.54. The molecule has 4 nitrogen and oxygen atoms in total. The van der Waals surface area contributed by atoms with Gasteiger partial charge in [0.25, 0.3) is 0 Å². The van der Waals surface area contributed by atoms with Gasteiger partial charge in [-0.25, -0.2) is 4.79 Å². The number of Topliss-reactive ketones (excluding diaryl/α,β-unsaturated/α-hetero) is 1. The van der Waals surface area contributed by atoms with Crippen LogP contribution >= 0.6 is 0 Å². The summed E-state index contributed by atoms with van der Waals surface area (Å²) in [5.41, 5.74) is 2.74. The van der Waals surface area contributed by atoms with Crippen molar-refractivity contribution in [2.45, 2.75) is 40.0 Å². The third-order valence-corrected chi connectivity index (χ3v) is 3.54. The molecule has 0 fully saturated rings. The molecule has 4 heteroatoms. The van der Waals surface area contributed by atoms with Crippen molar-refractivity contribution in [3.63, 3.8) is 0 Å². The highest BCUT2D eigenvalue weighted by Crippen LogP contribution is 2.32. The zero-order chi connectivity index (χ0) is 15.2. The Hall–Kier alpha value is -2.10. The van der Waals surface area contributed by atoms with E-state index >= 15 is 0 Å². The van der Waals surface area contributed by atoms with E-state index in [1.807, 2.05) is 26.8 Å². The second-order valence-corrected chi connectivity index (χ2v) is 6.18. The summed E-state index contributed by atoms with van der Waals surface area (Å²) in [4.78, 5) is 26.3. The number of hydrogen-bond acceptors (Lipinski definition) is 2. The minimum absolute atomic E-state index is 0.0591. The number of carboxylic acid groups (broad SMARTS) is 1. The van der Waals surface area contributed by atoms with Gasteiger partial charge < -0.3 is 10.1 Å². The van der Waals surface area contributed by atoms with E-state index in [0.29, 0.717) is 22.2 Å². The van der Waals surface area contributed by atoms with Crippen molar-refractivity contribution >= 4 is 22.7 Å². The standard InChI is InChI=1S/C16H19NO3/c1-8-13(9(2)18)11-6-10(16(3,4)5)7-12(15(19)20)14(11)17-8/h6-7,17H,1-5H3,(H,19,20). The number of H-pyrrole nitrogens is 1. The summed E-state index contributed by atoms with van der Waals surface area (Å²) >= 11 is 0. The monoisotopic (exact) mass is 273 g/mol. The molecule has 0 amide bonds. The second kappa shape index (κ2) is 4.47. The van der Waals surface area contributed by atoms with Gasteiger partial charge in [-0.15, -0.1) is 0 Å². The van der Waals surface area contributed by atoms with Gasteiger partial charge in [0.05, 0.1) is 11.1 Å². The van der Waals surface area contributed by atoms with Crippen LogP contribution in [0.1, 0.15) is 59.7 Å². The molecular formula is C16H19NO3. The van der Waals surface area contributed by atoms with Crippen molar-refractivity contribution in [1.82, 2.24) is 4.98 Å². The fourth-order valence-corrected chi connectivity index (χ4v) is 2.48. The molecule has 0 radical (unpaired) electrons. The Bertz CT molecular complexity index is 717. The van der Waals surface area contributed by atoms with Gasteiger partial charge in [-0.2, -0.15) is 0 Å². The number of carbonyl (C=O) groups is 2. The number of rotatable bonds is 2. The molecule has 0 aliphatic rings. The number of aromatic amines is 1. The lowest BCUT2D eigenvalue weighted by Crippen LogP contribution is -2.13. The smallest absolute Gasteiger partial charge is 0.337 e. The molecule has 0 saturated heterocycles. The van der Waals surface area contributed by atoms with E-state index in [4.69, 9.17) is 0 Å². The maximum atomic E-state index is 11.8. The minimum Gasteiger partial charge on any atom is -0.478 e. The van der Waals surface area contributed by atoms with Gasteiger partial charge >= 0.3 is 5.97 Å². The first-order valence-electron chi connectivity index (χ1n) is 6.54. The van der Waals surface area contributed by atoms with E-state index < -0.39 is 5.97 Å². The molecule has 1 aromatic carbocycles. The Kier molecular flexibility index (Phi) is 3.20. The van der Waals surface area contributed by atoms with Crippen molar-refractivity contribution in [2.75, 3.05) is 0 Å². The molecule has 20 heavy (non-hydrogen) atoms. The lowest BCUT2D eigenvalue weighted by Gasteiger charge is -2.20. The molecule has 0 saturated carbocycles. The summed E-state index contributed by atoms with van der Waals surface area (Å²) in [5, 5.41) is 10.1. The number of hydrogen-bond donors (Lipinski definition) is 2. The molecule has 0 aliphatic carbocycles. The summed E-state index contributed by atoms with van der Waals surface area (Å²) in [7, 11) is 0. The molecule has 106 valence electrons. The molecule has 1 heterocycles. The van der Waals surface area contributed by atoms with Gasteiger partial charge in [0.15, 0.2) is 5.78 Å². The van der Waals surface area contributed by atoms with Crippen LogP contribution in [-0.2, 0) is 5.41 Å². The Labute approximate surface area is 117 Å². The van der Waals surface area contributed by atoms with E-state index in [9.17, 15) is 14.7 Å². The van der Waals surface area contributed by atoms with Gasteiger partial charge in [-0.1, -0.05) is 20.8 Å². The lowest BCUT2D eigenvalue weighted by molar-refractivity contribution is 0.0698. The summed E-state index contributed by atoms with van der Waals surface area (Å²) in [6, 6.07) is 3.60. The fraction of sp³-hybridized carbons (Fsp3) is 0.375. The molecule has 2 N–H and O–H groups in total. The largest absolute Gasteiger partial charge is 0.478 e. The zero-order valence-electron chi connectivity index (χ0n) is 12.4. The second-order valence-electron chi connectivity index (χ2n) is 6.18. The topological polar surface area (TPSA) is 70.2 Å². The highest BCUT2D eigenvalue weighted by Gasteiger charge is 2.23. The molecular weight excluding hydrogens is 254 g/mol. The van der Waals surface area contributed by atoms with E-state index in [1.54, 1.807) is 13.0 Å². The van der Waals surface area contributed by atoms with Crippen LogP contribution in [0.2, 0.25) is 0 Å². The van der Waals surface area contributed by atoms with Gasteiger partial charge in [0.2, 0.25) is 0 Å². The van der Waals surface area contributed by atoms with Crippen LogP contribution < -0.4 is 0 Å². The van der Waals surface area contributed by atoms with E-state index in [0.717, 1.165) is 5.56 Å². The number of aromatic carboxylic acids is 1. The summed E-state index contributed by atoms with van der Waals surface area (Å²) in [5.74, 6) is -1.05. The van der Waals surface area contributed by atoms with E-state index in [-0.39, 0.29) is 16.8 Å². The maximum absolute atomic E-state index is 11.8. The minimum atomic E-state index is -0.988. The van der Waals surface area contributed by atoms with Gasteiger partial charge in [0.1, 0.15) is 0 Å². The van der Waals surface area contributed by atoms with Crippen LogP contribution in [0.4, 0.5) is 0 Å². The van der Waals surface area contributed by atoms with Crippen LogP contribution in [-0.4, -0.2) is 21.8 Å². The molecule has 1 aromatic heterocycles. The maximum Gasteiger partial charge on any atom is 0.337 e. The number of carbonyl (C=O) groups excluding carboxylic acids is 1. The first kappa shape index (κ1) is 14.3.